The van der Waals surface area contributed by atoms with Gasteiger partial charge in [-0.1, -0.05) is 0 Å². The lowest BCUT2D eigenvalue weighted by Crippen LogP contribution is -2.32. The number of ether oxygens (including phenoxy) is 1. The van der Waals surface area contributed by atoms with Crippen molar-refractivity contribution in [1.29, 1.82) is 0 Å². The molecule has 3 aromatic rings. The van der Waals surface area contributed by atoms with Gasteiger partial charge in [0.1, 0.15) is 11.4 Å². The van der Waals surface area contributed by atoms with Crippen LogP contribution in [0.5, 0.6) is 0 Å². The molecule has 0 saturated carbocycles. The molecule has 4 rings (SSSR count). The highest BCUT2D eigenvalue weighted by Crippen LogP contribution is 2.38. The van der Waals surface area contributed by atoms with E-state index in [-0.39, 0.29) is 41.1 Å². The average molecular weight is 398 g/mol. The summed E-state index contributed by atoms with van der Waals surface area (Å²) in [6.07, 6.45) is 0. The van der Waals surface area contributed by atoms with Crippen molar-refractivity contribution in [1.82, 2.24) is 4.90 Å². The number of nitrogens with zero attached hydrogens (tertiary/aromatic N) is 2. The number of nitro benzene ring substituents is 1. The number of fused-ring (bicyclic) bond motifs is 2. The molecule has 0 aliphatic carbocycles. The Morgan fingerprint density at radius 3 is 2.59 bits per heavy atom. The topological polar surface area (TPSA) is 103 Å². The summed E-state index contributed by atoms with van der Waals surface area (Å²) in [6, 6.07) is 8.27. The third-order valence-electron chi connectivity index (χ3n) is 4.88. The van der Waals surface area contributed by atoms with E-state index in [1.54, 1.807) is 0 Å². The fourth-order valence-electron chi connectivity index (χ4n) is 3.54. The summed E-state index contributed by atoms with van der Waals surface area (Å²) in [5.41, 5.74) is 0.0613. The van der Waals surface area contributed by atoms with E-state index in [1.165, 1.54) is 42.3 Å². The lowest BCUT2D eigenvalue weighted by atomic mass is 9.98. The quantitative estimate of drug-likeness (QED) is 0.483. The Bertz CT molecular complexity index is 1190. The summed E-state index contributed by atoms with van der Waals surface area (Å²) < 4.78 is 24.4. The third-order valence-corrected chi connectivity index (χ3v) is 4.88. The van der Waals surface area contributed by atoms with Gasteiger partial charge in [0.05, 0.1) is 28.5 Å². The van der Waals surface area contributed by atoms with E-state index in [4.69, 9.17) is 9.15 Å². The maximum absolute atomic E-state index is 13.7. The smallest absolute Gasteiger partial charge is 0.290 e. The molecular formula is C20H15FN2O6. The van der Waals surface area contributed by atoms with Crippen LogP contribution in [0.2, 0.25) is 0 Å². The number of carbonyl (C=O) groups excluding carboxylic acids is 1. The second kappa shape index (κ2) is 7.10. The summed E-state index contributed by atoms with van der Waals surface area (Å²) in [7, 11) is 1.48. The minimum Gasteiger partial charge on any atom is -0.450 e. The molecule has 29 heavy (non-hydrogen) atoms. The number of halogens is 1. The number of amides is 1. The molecule has 1 unspecified atom stereocenters. The molecule has 0 N–H and O–H groups in total. The first-order valence-electron chi connectivity index (χ1n) is 8.73. The van der Waals surface area contributed by atoms with E-state index in [9.17, 15) is 24.1 Å². The third kappa shape index (κ3) is 3.05. The Labute approximate surface area is 163 Å². The summed E-state index contributed by atoms with van der Waals surface area (Å²) in [5, 5.41) is 11.0. The lowest BCUT2D eigenvalue weighted by molar-refractivity contribution is -0.384. The fourth-order valence-corrected chi connectivity index (χ4v) is 3.54. The van der Waals surface area contributed by atoms with E-state index in [1.807, 2.05) is 0 Å². The molecule has 0 bridgehead atoms. The minimum absolute atomic E-state index is 0.0250. The van der Waals surface area contributed by atoms with Crippen LogP contribution in [-0.4, -0.2) is 36.0 Å². The van der Waals surface area contributed by atoms with Crippen LogP contribution in [0.15, 0.2) is 51.7 Å². The molecule has 1 aliphatic rings. The molecule has 0 radical (unpaired) electrons. The van der Waals surface area contributed by atoms with Crippen molar-refractivity contribution in [3.63, 3.8) is 0 Å². The number of rotatable bonds is 5. The van der Waals surface area contributed by atoms with Crippen molar-refractivity contribution in [3.8, 4) is 0 Å². The average Bonchev–Trinajstić information content (AvgIpc) is 2.99. The van der Waals surface area contributed by atoms with Crippen LogP contribution in [0.3, 0.4) is 0 Å². The second-order valence-corrected chi connectivity index (χ2v) is 6.56. The highest BCUT2D eigenvalue weighted by atomic mass is 19.1. The zero-order chi connectivity index (χ0) is 20.7. The minimum atomic E-state index is -0.822. The van der Waals surface area contributed by atoms with Gasteiger partial charge in [0.15, 0.2) is 5.43 Å². The summed E-state index contributed by atoms with van der Waals surface area (Å²) in [6.45, 7) is 0.386. The Morgan fingerprint density at radius 1 is 1.21 bits per heavy atom. The number of nitro groups is 1. The van der Waals surface area contributed by atoms with Crippen molar-refractivity contribution in [3.05, 3.63) is 85.5 Å². The van der Waals surface area contributed by atoms with Gasteiger partial charge in [0.25, 0.3) is 11.6 Å². The Kier molecular flexibility index (Phi) is 4.59. The standard InChI is InChI=1S/C20H15FN2O6/c1-28-9-8-22-17(11-2-5-13(6-3-11)23(26)27)16-18(24)14-10-12(21)4-7-15(14)29-19(16)20(22)25/h2-7,10,17H,8-9H2,1H3. The fraction of sp³-hybridized carbons (Fsp3) is 0.200. The van der Waals surface area contributed by atoms with Crippen LogP contribution < -0.4 is 5.43 Å². The lowest BCUT2D eigenvalue weighted by Gasteiger charge is -2.24. The number of non-ortho nitro benzene ring substituents is 1. The zero-order valence-corrected chi connectivity index (χ0v) is 15.3. The first-order valence-corrected chi connectivity index (χ1v) is 8.73. The van der Waals surface area contributed by atoms with Crippen LogP contribution in [0.25, 0.3) is 11.0 Å². The van der Waals surface area contributed by atoms with E-state index in [0.717, 1.165) is 12.1 Å². The summed E-state index contributed by atoms with van der Waals surface area (Å²) in [5.74, 6) is -1.21. The molecular weight excluding hydrogens is 383 g/mol. The van der Waals surface area contributed by atoms with Crippen molar-refractivity contribution in [2.24, 2.45) is 0 Å². The van der Waals surface area contributed by atoms with E-state index < -0.39 is 28.1 Å². The Hall–Kier alpha value is -3.59. The largest absolute Gasteiger partial charge is 0.450 e. The van der Waals surface area contributed by atoms with Crippen molar-refractivity contribution < 1.29 is 23.3 Å². The molecule has 1 aromatic heterocycles. The van der Waals surface area contributed by atoms with Crippen LogP contribution in [-0.2, 0) is 4.74 Å². The Balaban J connectivity index is 1.93. The van der Waals surface area contributed by atoms with Gasteiger partial charge >= 0.3 is 0 Å². The van der Waals surface area contributed by atoms with Crippen LogP contribution >= 0.6 is 0 Å². The number of hydrogen-bond acceptors (Lipinski definition) is 6. The molecule has 1 atom stereocenters. The second-order valence-electron chi connectivity index (χ2n) is 6.56. The van der Waals surface area contributed by atoms with E-state index in [0.29, 0.717) is 5.56 Å². The summed E-state index contributed by atoms with van der Waals surface area (Å²) in [4.78, 5) is 38.0. The molecule has 0 saturated heterocycles. The Morgan fingerprint density at radius 2 is 1.93 bits per heavy atom. The van der Waals surface area contributed by atoms with Crippen LogP contribution in [0, 0.1) is 15.9 Å². The molecule has 2 aromatic carbocycles. The van der Waals surface area contributed by atoms with Crippen LogP contribution in [0.4, 0.5) is 10.1 Å². The van der Waals surface area contributed by atoms with Gasteiger partial charge < -0.3 is 14.1 Å². The van der Waals surface area contributed by atoms with Gasteiger partial charge in [-0.25, -0.2) is 4.39 Å². The first kappa shape index (κ1) is 18.8. The zero-order valence-electron chi connectivity index (χ0n) is 15.3. The molecule has 2 heterocycles. The number of benzene rings is 2. The summed E-state index contributed by atoms with van der Waals surface area (Å²) >= 11 is 0. The highest BCUT2D eigenvalue weighted by Gasteiger charge is 2.42. The molecule has 1 aliphatic heterocycles. The van der Waals surface area contributed by atoms with Gasteiger partial charge in [-0.3, -0.25) is 19.7 Å². The number of methoxy groups -OCH3 is 1. The first-order chi connectivity index (χ1) is 13.9. The van der Waals surface area contributed by atoms with Crippen molar-refractivity contribution in [2.75, 3.05) is 20.3 Å². The van der Waals surface area contributed by atoms with Gasteiger partial charge in [-0.05, 0) is 35.9 Å². The monoisotopic (exact) mass is 398 g/mol. The normalized spacial score (nSPS) is 15.7. The molecule has 9 heteroatoms. The van der Waals surface area contributed by atoms with Crippen molar-refractivity contribution >= 4 is 22.6 Å². The maximum Gasteiger partial charge on any atom is 0.290 e. The van der Waals surface area contributed by atoms with Crippen molar-refractivity contribution in [2.45, 2.75) is 6.04 Å². The van der Waals surface area contributed by atoms with Gasteiger partial charge in [0, 0.05) is 25.8 Å². The number of carbonyl (C=O) groups is 1. The van der Waals surface area contributed by atoms with Gasteiger partial charge in [-0.15, -0.1) is 0 Å². The van der Waals surface area contributed by atoms with Gasteiger partial charge in [-0.2, -0.15) is 0 Å². The van der Waals surface area contributed by atoms with E-state index >= 15 is 0 Å². The predicted octanol–water partition coefficient (Wildman–Crippen LogP) is 3.03. The molecule has 148 valence electrons. The molecule has 1 amide bonds. The number of hydrogen-bond donors (Lipinski definition) is 0. The predicted molar refractivity (Wildman–Crippen MR) is 100 cm³/mol. The molecule has 0 spiro atoms. The highest BCUT2D eigenvalue weighted by molar-refractivity contribution is 5.99. The maximum atomic E-state index is 13.7. The molecule has 0 fully saturated rings. The van der Waals surface area contributed by atoms with Crippen LogP contribution in [0.1, 0.15) is 27.7 Å². The van der Waals surface area contributed by atoms with Gasteiger partial charge in [0.2, 0.25) is 5.76 Å². The SMILES string of the molecule is COCCN1C(=O)c2oc3ccc(F)cc3c(=O)c2C1c1ccc([N+](=O)[O-])cc1. The molecule has 8 nitrogen and oxygen atoms in total. The van der Waals surface area contributed by atoms with E-state index in [2.05, 4.69) is 0 Å².